The molecular formula is C22H19ClN4O5S2. The molecule has 2 heterocycles. The fraction of sp³-hybridized carbons (Fsp3) is 0.182. The van der Waals surface area contributed by atoms with Gasteiger partial charge in [-0.3, -0.25) is 10.2 Å². The van der Waals surface area contributed by atoms with Crippen molar-refractivity contribution in [3.8, 4) is 11.5 Å². The second kappa shape index (κ2) is 9.24. The number of sulfone groups is 1. The summed E-state index contributed by atoms with van der Waals surface area (Å²) in [6, 6.07) is 11.1. The van der Waals surface area contributed by atoms with Gasteiger partial charge in [-0.2, -0.15) is 10.0 Å². The number of benzene rings is 2. The van der Waals surface area contributed by atoms with Crippen LogP contribution in [0.2, 0.25) is 5.02 Å². The summed E-state index contributed by atoms with van der Waals surface area (Å²) in [7, 11) is -2.14. The number of carbonyl (C=O) groups is 1. The standard InChI is InChI=1S/C22H19ClN4O5S2/c1-12-5-4-6-13(7-12)11-32-18-16(23)9-14(10-17(18)31-2)8-15-19(24)27-21(25-20(15)28)33-22(26-27)34(3,29)30/h4-10,24H,11H2,1-3H3/b15-8-,24-19?. The number of nitrogens with one attached hydrogen (secondary N) is 1. The molecule has 34 heavy (non-hydrogen) atoms. The van der Waals surface area contributed by atoms with Crippen LogP contribution in [-0.2, 0) is 21.2 Å². The zero-order valence-electron chi connectivity index (χ0n) is 18.3. The van der Waals surface area contributed by atoms with Gasteiger partial charge in [0.1, 0.15) is 6.61 Å². The zero-order valence-corrected chi connectivity index (χ0v) is 20.7. The van der Waals surface area contributed by atoms with Gasteiger partial charge in [0.15, 0.2) is 17.3 Å². The minimum atomic E-state index is -3.61. The molecule has 2 aromatic carbocycles. The van der Waals surface area contributed by atoms with Gasteiger partial charge < -0.3 is 9.47 Å². The van der Waals surface area contributed by atoms with Crippen molar-refractivity contribution in [1.29, 1.82) is 5.41 Å². The normalized spacial score (nSPS) is 16.9. The molecule has 2 aliphatic heterocycles. The van der Waals surface area contributed by atoms with Gasteiger partial charge in [0.2, 0.25) is 19.4 Å². The van der Waals surface area contributed by atoms with E-state index in [1.165, 1.54) is 13.2 Å². The van der Waals surface area contributed by atoms with Crippen molar-refractivity contribution < 1.29 is 22.7 Å². The smallest absolute Gasteiger partial charge is 0.283 e. The Morgan fingerprint density at radius 3 is 2.71 bits per heavy atom. The SMILES string of the molecule is COc1cc(/C=C2/C(=N)N3N=C(S(C)(=O)=O)SC3=NC2=O)cc(Cl)c1OCc1cccc(C)c1. The number of aryl methyl sites for hydroxylation is 1. The summed E-state index contributed by atoms with van der Waals surface area (Å²) in [4.78, 5) is 16.5. The molecule has 0 aliphatic carbocycles. The molecule has 0 aromatic heterocycles. The molecule has 0 saturated carbocycles. The predicted octanol–water partition coefficient (Wildman–Crippen LogP) is 3.86. The number of aliphatic imine (C=N–C) groups is 1. The molecule has 0 bridgehead atoms. The van der Waals surface area contributed by atoms with E-state index in [1.54, 1.807) is 12.1 Å². The maximum Gasteiger partial charge on any atom is 0.283 e. The van der Waals surface area contributed by atoms with Crippen LogP contribution in [0.25, 0.3) is 6.08 Å². The van der Waals surface area contributed by atoms with Gasteiger partial charge in [-0.1, -0.05) is 41.4 Å². The first-order valence-corrected chi connectivity index (χ1v) is 12.9. The van der Waals surface area contributed by atoms with Crippen molar-refractivity contribution in [3.63, 3.8) is 0 Å². The number of ether oxygens (including phenoxy) is 2. The summed E-state index contributed by atoms with van der Waals surface area (Å²) in [5.74, 6) is -0.295. The van der Waals surface area contributed by atoms with Crippen LogP contribution in [0.15, 0.2) is 52.1 Å². The molecule has 0 atom stereocenters. The van der Waals surface area contributed by atoms with Crippen LogP contribution in [0.1, 0.15) is 16.7 Å². The lowest BCUT2D eigenvalue weighted by Crippen LogP contribution is -2.35. The first-order valence-electron chi connectivity index (χ1n) is 9.83. The molecule has 9 nitrogen and oxygen atoms in total. The number of hydrogen-bond donors (Lipinski definition) is 1. The third-order valence-electron chi connectivity index (χ3n) is 4.78. The highest BCUT2D eigenvalue weighted by atomic mass is 35.5. The van der Waals surface area contributed by atoms with E-state index in [0.717, 1.165) is 34.2 Å². The van der Waals surface area contributed by atoms with E-state index in [9.17, 15) is 13.2 Å². The fourth-order valence-corrected chi connectivity index (χ4v) is 5.17. The Bertz CT molecular complexity index is 1420. The van der Waals surface area contributed by atoms with Crippen molar-refractivity contribution in [1.82, 2.24) is 5.01 Å². The van der Waals surface area contributed by atoms with Gasteiger partial charge in [0.05, 0.1) is 17.7 Å². The molecule has 2 aromatic rings. The summed E-state index contributed by atoms with van der Waals surface area (Å²) in [5, 5.41) is 13.6. The Kier molecular flexibility index (Phi) is 6.52. The third-order valence-corrected chi connectivity index (χ3v) is 7.64. The first-order chi connectivity index (χ1) is 16.1. The highest BCUT2D eigenvalue weighted by Gasteiger charge is 2.38. The number of thioether (sulfide) groups is 1. The number of nitrogens with zero attached hydrogens (tertiary/aromatic N) is 3. The number of amidine groups is 2. The molecule has 1 amide bonds. The summed E-state index contributed by atoms with van der Waals surface area (Å²) < 4.78 is 34.7. The van der Waals surface area contributed by atoms with Crippen LogP contribution >= 0.6 is 23.4 Å². The number of carbonyl (C=O) groups excluding carboxylic acids is 1. The predicted molar refractivity (Wildman–Crippen MR) is 133 cm³/mol. The minimum absolute atomic E-state index is 0.0167. The molecule has 0 spiro atoms. The van der Waals surface area contributed by atoms with Crippen LogP contribution in [-0.4, -0.2) is 48.1 Å². The number of methoxy groups -OCH3 is 1. The minimum Gasteiger partial charge on any atom is -0.493 e. The average molecular weight is 519 g/mol. The molecule has 1 N–H and O–H groups in total. The van der Waals surface area contributed by atoms with E-state index >= 15 is 0 Å². The maximum atomic E-state index is 12.6. The summed E-state index contributed by atoms with van der Waals surface area (Å²) in [5.41, 5.74) is 2.47. The lowest BCUT2D eigenvalue weighted by Gasteiger charge is -2.20. The first kappa shape index (κ1) is 24.0. The average Bonchev–Trinajstić information content (AvgIpc) is 3.20. The van der Waals surface area contributed by atoms with Crippen LogP contribution in [0, 0.1) is 12.3 Å². The fourth-order valence-electron chi connectivity index (χ4n) is 3.21. The van der Waals surface area contributed by atoms with Gasteiger partial charge >= 0.3 is 0 Å². The Balaban J connectivity index is 1.63. The van der Waals surface area contributed by atoms with Crippen LogP contribution in [0.4, 0.5) is 0 Å². The van der Waals surface area contributed by atoms with E-state index in [1.807, 2.05) is 31.2 Å². The molecule has 2 aliphatic rings. The highest BCUT2D eigenvalue weighted by Crippen LogP contribution is 2.38. The van der Waals surface area contributed by atoms with Gasteiger partial charge in [-0.25, -0.2) is 8.42 Å². The largest absolute Gasteiger partial charge is 0.493 e. The van der Waals surface area contributed by atoms with Gasteiger partial charge in [-0.15, -0.1) is 5.10 Å². The number of amides is 1. The van der Waals surface area contributed by atoms with Gasteiger partial charge in [0.25, 0.3) is 5.91 Å². The quantitative estimate of drug-likeness (QED) is 0.596. The summed E-state index contributed by atoms with van der Waals surface area (Å²) in [6.45, 7) is 2.27. The molecule has 0 unspecified atom stereocenters. The Hall–Kier alpha value is -3.15. The lowest BCUT2D eigenvalue weighted by molar-refractivity contribution is -0.114. The van der Waals surface area contributed by atoms with Crippen molar-refractivity contribution >= 4 is 60.6 Å². The number of hydrogen-bond acceptors (Lipinski definition) is 8. The Morgan fingerprint density at radius 1 is 1.26 bits per heavy atom. The monoisotopic (exact) mass is 518 g/mol. The zero-order chi connectivity index (χ0) is 24.6. The maximum absolute atomic E-state index is 12.6. The van der Waals surface area contributed by atoms with Crippen molar-refractivity contribution in [3.05, 3.63) is 63.7 Å². The molecule has 4 rings (SSSR count). The lowest BCUT2D eigenvalue weighted by atomic mass is 10.1. The highest BCUT2D eigenvalue weighted by molar-refractivity contribution is 8.42. The Morgan fingerprint density at radius 2 is 2.03 bits per heavy atom. The molecule has 0 saturated heterocycles. The molecular weight excluding hydrogens is 500 g/mol. The van der Waals surface area contributed by atoms with E-state index in [0.29, 0.717) is 17.1 Å². The van der Waals surface area contributed by atoms with Crippen molar-refractivity contribution in [2.75, 3.05) is 13.4 Å². The van der Waals surface area contributed by atoms with Crippen LogP contribution < -0.4 is 9.47 Å². The molecule has 12 heteroatoms. The number of halogens is 1. The third kappa shape index (κ3) is 4.86. The second-order valence-corrected chi connectivity index (χ2v) is 11.0. The van der Waals surface area contributed by atoms with E-state index in [4.69, 9.17) is 26.5 Å². The van der Waals surface area contributed by atoms with Crippen molar-refractivity contribution in [2.24, 2.45) is 10.1 Å². The molecule has 176 valence electrons. The van der Waals surface area contributed by atoms with Crippen LogP contribution in [0.3, 0.4) is 0 Å². The number of rotatable bonds is 5. The molecule has 0 radical (unpaired) electrons. The number of hydrazone groups is 1. The van der Waals surface area contributed by atoms with E-state index in [-0.39, 0.29) is 32.6 Å². The topological polar surface area (TPSA) is 121 Å². The Labute approximate surface area is 205 Å². The van der Waals surface area contributed by atoms with Crippen molar-refractivity contribution in [2.45, 2.75) is 13.5 Å². The van der Waals surface area contributed by atoms with Gasteiger partial charge in [-0.05, 0) is 48.0 Å². The van der Waals surface area contributed by atoms with Gasteiger partial charge in [0, 0.05) is 6.26 Å². The van der Waals surface area contributed by atoms with E-state index < -0.39 is 15.7 Å². The summed E-state index contributed by atoms with van der Waals surface area (Å²) >= 11 is 7.18. The second-order valence-electron chi connectivity index (χ2n) is 7.47. The number of fused-ring (bicyclic) bond motifs is 1. The summed E-state index contributed by atoms with van der Waals surface area (Å²) in [6.07, 6.45) is 2.42. The van der Waals surface area contributed by atoms with Crippen LogP contribution in [0.5, 0.6) is 11.5 Å². The van der Waals surface area contributed by atoms with E-state index in [2.05, 4.69) is 10.1 Å². The molecule has 0 fully saturated rings.